The highest BCUT2D eigenvalue weighted by Crippen LogP contribution is 2.27. The molecular formula is C14H28N2O. The summed E-state index contributed by atoms with van der Waals surface area (Å²) in [6, 6.07) is 0.742. The highest BCUT2D eigenvalue weighted by molar-refractivity contribution is 4.90. The summed E-state index contributed by atoms with van der Waals surface area (Å²) in [7, 11) is 0. The molecule has 17 heavy (non-hydrogen) atoms. The van der Waals surface area contributed by atoms with Gasteiger partial charge < -0.3 is 15.3 Å². The Balaban J connectivity index is 1.72. The first-order valence-electron chi connectivity index (χ1n) is 7.40. The van der Waals surface area contributed by atoms with Gasteiger partial charge in [-0.15, -0.1) is 0 Å². The van der Waals surface area contributed by atoms with Crippen molar-refractivity contribution in [2.24, 2.45) is 11.8 Å². The number of aliphatic hydroxyl groups is 1. The van der Waals surface area contributed by atoms with E-state index in [-0.39, 0.29) is 0 Å². The lowest BCUT2D eigenvalue weighted by atomic mass is 9.92. The molecule has 0 radical (unpaired) electrons. The monoisotopic (exact) mass is 240 g/mol. The Morgan fingerprint density at radius 1 is 1.29 bits per heavy atom. The highest BCUT2D eigenvalue weighted by Gasteiger charge is 2.33. The topological polar surface area (TPSA) is 35.5 Å². The summed E-state index contributed by atoms with van der Waals surface area (Å²) >= 11 is 0. The van der Waals surface area contributed by atoms with Gasteiger partial charge >= 0.3 is 0 Å². The Kier molecular flexibility index (Phi) is 5.26. The van der Waals surface area contributed by atoms with Crippen molar-refractivity contribution in [3.63, 3.8) is 0 Å². The summed E-state index contributed by atoms with van der Waals surface area (Å²) < 4.78 is 0. The molecule has 4 atom stereocenters. The van der Waals surface area contributed by atoms with Gasteiger partial charge in [0, 0.05) is 19.2 Å². The van der Waals surface area contributed by atoms with Gasteiger partial charge in [0.05, 0.1) is 0 Å². The average Bonchev–Trinajstić information content (AvgIpc) is 2.71. The number of piperidine rings is 1. The van der Waals surface area contributed by atoms with Crippen LogP contribution in [0.5, 0.6) is 0 Å². The van der Waals surface area contributed by atoms with Crippen LogP contribution in [0.3, 0.4) is 0 Å². The molecule has 0 aliphatic carbocycles. The largest absolute Gasteiger partial charge is 0.396 e. The molecule has 0 aromatic heterocycles. The predicted octanol–water partition coefficient (Wildman–Crippen LogP) is 1.47. The lowest BCUT2D eigenvalue weighted by Gasteiger charge is -2.32. The molecule has 2 heterocycles. The van der Waals surface area contributed by atoms with Crippen LogP contribution in [0.2, 0.25) is 0 Å². The number of nitrogens with one attached hydrogen (secondary N) is 1. The summed E-state index contributed by atoms with van der Waals surface area (Å²) in [5.74, 6) is 1.56. The van der Waals surface area contributed by atoms with E-state index in [4.69, 9.17) is 5.11 Å². The fourth-order valence-corrected chi connectivity index (χ4v) is 3.48. The van der Waals surface area contributed by atoms with E-state index < -0.39 is 0 Å². The number of hydrogen-bond donors (Lipinski definition) is 2. The number of rotatable bonds is 7. The number of hydrogen-bond acceptors (Lipinski definition) is 3. The zero-order chi connectivity index (χ0) is 12.1. The normalized spacial score (nSPS) is 33.9. The van der Waals surface area contributed by atoms with Gasteiger partial charge in [0.2, 0.25) is 0 Å². The van der Waals surface area contributed by atoms with E-state index in [0.29, 0.717) is 12.5 Å². The quantitative estimate of drug-likeness (QED) is 0.707. The van der Waals surface area contributed by atoms with Crippen molar-refractivity contribution >= 4 is 0 Å². The van der Waals surface area contributed by atoms with E-state index >= 15 is 0 Å². The summed E-state index contributed by atoms with van der Waals surface area (Å²) in [5, 5.41) is 12.9. The van der Waals surface area contributed by atoms with Crippen molar-refractivity contribution in [3.05, 3.63) is 0 Å². The van der Waals surface area contributed by atoms with E-state index in [1.807, 2.05) is 0 Å². The van der Waals surface area contributed by atoms with Crippen molar-refractivity contribution in [1.82, 2.24) is 10.2 Å². The van der Waals surface area contributed by atoms with Crippen LogP contribution in [-0.2, 0) is 0 Å². The first-order valence-corrected chi connectivity index (χ1v) is 7.40. The second-order valence-corrected chi connectivity index (χ2v) is 5.82. The van der Waals surface area contributed by atoms with Crippen LogP contribution in [-0.4, -0.2) is 48.8 Å². The summed E-state index contributed by atoms with van der Waals surface area (Å²) in [5.41, 5.74) is 0. The first kappa shape index (κ1) is 13.3. The van der Waals surface area contributed by atoms with Gasteiger partial charge in [-0.3, -0.25) is 0 Å². The van der Waals surface area contributed by atoms with Crippen LogP contribution in [0.1, 0.15) is 39.0 Å². The van der Waals surface area contributed by atoms with Crippen molar-refractivity contribution < 1.29 is 5.11 Å². The molecule has 100 valence electrons. The van der Waals surface area contributed by atoms with Crippen molar-refractivity contribution in [2.45, 2.75) is 45.1 Å². The maximum absolute atomic E-state index is 9.07. The van der Waals surface area contributed by atoms with Gasteiger partial charge in [0.15, 0.2) is 0 Å². The van der Waals surface area contributed by atoms with Crippen LogP contribution in [0.4, 0.5) is 0 Å². The van der Waals surface area contributed by atoms with Crippen molar-refractivity contribution in [1.29, 1.82) is 0 Å². The average molecular weight is 240 g/mol. The summed E-state index contributed by atoms with van der Waals surface area (Å²) in [6.45, 7) is 7.60. The molecule has 3 heteroatoms. The fraction of sp³-hybridized carbons (Fsp3) is 1.00. The van der Waals surface area contributed by atoms with Crippen molar-refractivity contribution in [3.8, 4) is 0 Å². The van der Waals surface area contributed by atoms with E-state index in [9.17, 15) is 0 Å². The number of aliphatic hydroxyl groups excluding tert-OH is 1. The third-order valence-corrected chi connectivity index (χ3v) is 4.54. The zero-order valence-corrected chi connectivity index (χ0v) is 11.2. The summed E-state index contributed by atoms with van der Waals surface area (Å²) in [4.78, 5) is 2.60. The zero-order valence-electron chi connectivity index (χ0n) is 11.2. The molecular weight excluding hydrogens is 212 g/mol. The molecule has 2 aliphatic heterocycles. The lowest BCUT2D eigenvalue weighted by molar-refractivity contribution is 0.203. The standard InChI is InChI=1S/C14H28N2O/c1-2-3-12(6-9-17)10-15-14-5-8-16-7-4-13(14)11-16/h12-15,17H,2-11H2,1H3. The van der Waals surface area contributed by atoms with E-state index in [2.05, 4.69) is 17.1 Å². The molecule has 2 fully saturated rings. The molecule has 0 spiro atoms. The molecule has 2 saturated heterocycles. The van der Waals surface area contributed by atoms with Gasteiger partial charge in [0.1, 0.15) is 0 Å². The Bertz CT molecular complexity index is 216. The fourth-order valence-electron chi connectivity index (χ4n) is 3.48. The molecule has 0 aromatic rings. The molecule has 0 saturated carbocycles. The third-order valence-electron chi connectivity index (χ3n) is 4.54. The predicted molar refractivity (Wildman–Crippen MR) is 71.1 cm³/mol. The first-order chi connectivity index (χ1) is 8.33. The molecule has 2 N–H and O–H groups in total. The second kappa shape index (κ2) is 6.72. The molecule has 4 unspecified atom stereocenters. The molecule has 0 amide bonds. The van der Waals surface area contributed by atoms with Gasteiger partial charge in [-0.1, -0.05) is 13.3 Å². The highest BCUT2D eigenvalue weighted by atomic mass is 16.3. The molecule has 2 rings (SSSR count). The van der Waals surface area contributed by atoms with E-state index in [1.165, 1.54) is 45.3 Å². The van der Waals surface area contributed by atoms with Crippen LogP contribution in [0.25, 0.3) is 0 Å². The smallest absolute Gasteiger partial charge is 0.0434 e. The van der Waals surface area contributed by atoms with Crippen LogP contribution in [0.15, 0.2) is 0 Å². The Morgan fingerprint density at radius 2 is 2.12 bits per heavy atom. The van der Waals surface area contributed by atoms with E-state index in [1.54, 1.807) is 0 Å². The Morgan fingerprint density at radius 3 is 2.88 bits per heavy atom. The minimum atomic E-state index is 0.341. The maximum atomic E-state index is 9.07. The van der Waals surface area contributed by atoms with Gasteiger partial charge in [0.25, 0.3) is 0 Å². The minimum Gasteiger partial charge on any atom is -0.396 e. The number of fused-ring (bicyclic) bond motifs is 2. The van der Waals surface area contributed by atoms with Gasteiger partial charge in [-0.05, 0) is 57.2 Å². The molecule has 2 bridgehead atoms. The molecule has 0 aromatic carbocycles. The van der Waals surface area contributed by atoms with Gasteiger partial charge in [-0.2, -0.15) is 0 Å². The number of nitrogens with zero attached hydrogens (tertiary/aromatic N) is 1. The molecule has 2 aliphatic rings. The van der Waals surface area contributed by atoms with Crippen LogP contribution < -0.4 is 5.32 Å². The Labute approximate surface area is 106 Å². The maximum Gasteiger partial charge on any atom is 0.0434 e. The molecule has 3 nitrogen and oxygen atoms in total. The SMILES string of the molecule is CCCC(CCO)CNC1CCN2CCC1C2. The second-order valence-electron chi connectivity index (χ2n) is 5.82. The van der Waals surface area contributed by atoms with Crippen LogP contribution >= 0.6 is 0 Å². The minimum absolute atomic E-state index is 0.341. The van der Waals surface area contributed by atoms with Crippen LogP contribution in [0, 0.1) is 11.8 Å². The van der Waals surface area contributed by atoms with E-state index in [0.717, 1.165) is 24.9 Å². The summed E-state index contributed by atoms with van der Waals surface area (Å²) in [6.07, 6.45) is 6.15. The van der Waals surface area contributed by atoms with Crippen molar-refractivity contribution in [2.75, 3.05) is 32.8 Å². The Hall–Kier alpha value is -0.120. The van der Waals surface area contributed by atoms with Gasteiger partial charge in [-0.25, -0.2) is 0 Å². The third kappa shape index (κ3) is 3.67. The lowest BCUT2D eigenvalue weighted by Crippen LogP contribution is -2.45.